The molecule has 0 atom stereocenters. The molecule has 4 nitrogen and oxygen atoms in total. The van der Waals surface area contributed by atoms with Crippen LogP contribution in [0.3, 0.4) is 0 Å². The molecule has 0 aliphatic rings. The van der Waals surface area contributed by atoms with E-state index in [4.69, 9.17) is 0 Å². The van der Waals surface area contributed by atoms with Crippen molar-refractivity contribution in [3.63, 3.8) is 0 Å². The molecule has 0 saturated carbocycles. The number of hydrogen-bond donors (Lipinski definition) is 2. The highest BCUT2D eigenvalue weighted by molar-refractivity contribution is 9.10. The molecule has 2 aromatic rings. The molecular formula is C14H17BrN4. The minimum Gasteiger partial charge on any atom is -0.365 e. The summed E-state index contributed by atoms with van der Waals surface area (Å²) in [5.41, 5.74) is 0.946. The Kier molecular flexibility index (Phi) is 4.04. The molecule has 0 aliphatic heterocycles. The van der Waals surface area contributed by atoms with Crippen LogP contribution in [0.2, 0.25) is 0 Å². The molecule has 0 unspecified atom stereocenters. The molecule has 100 valence electrons. The lowest BCUT2D eigenvalue weighted by atomic mass is 10.1. The minimum absolute atomic E-state index is 0.0288. The average molecular weight is 321 g/mol. The molecule has 19 heavy (non-hydrogen) atoms. The van der Waals surface area contributed by atoms with E-state index in [2.05, 4.69) is 57.3 Å². The summed E-state index contributed by atoms with van der Waals surface area (Å²) in [5, 5.41) is 6.58. The van der Waals surface area contributed by atoms with Gasteiger partial charge in [-0.3, -0.25) is 0 Å². The van der Waals surface area contributed by atoms with Crippen LogP contribution in [0.1, 0.15) is 20.8 Å². The third-order valence-corrected chi connectivity index (χ3v) is 3.00. The van der Waals surface area contributed by atoms with Gasteiger partial charge >= 0.3 is 0 Å². The Hall–Kier alpha value is -1.62. The zero-order valence-electron chi connectivity index (χ0n) is 11.2. The van der Waals surface area contributed by atoms with E-state index in [1.807, 2.05) is 30.3 Å². The van der Waals surface area contributed by atoms with Crippen LogP contribution in [0.4, 0.5) is 17.3 Å². The standard InChI is InChI=1S/C14H17BrN4/c1-14(2,3)19-13-8-12(16-9-17-13)18-11-7-5-4-6-10(11)15/h4-9H,1-3H3,(H2,16,17,18,19). The summed E-state index contributed by atoms with van der Waals surface area (Å²) < 4.78 is 0.999. The second-order valence-electron chi connectivity index (χ2n) is 5.27. The number of benzene rings is 1. The van der Waals surface area contributed by atoms with Crippen LogP contribution in [0, 0.1) is 0 Å². The topological polar surface area (TPSA) is 49.8 Å². The van der Waals surface area contributed by atoms with E-state index in [1.54, 1.807) is 6.33 Å². The van der Waals surface area contributed by atoms with E-state index >= 15 is 0 Å². The Morgan fingerprint density at radius 2 is 1.74 bits per heavy atom. The molecule has 0 saturated heterocycles. The fraction of sp³-hybridized carbons (Fsp3) is 0.286. The van der Waals surface area contributed by atoms with Crippen LogP contribution in [0.5, 0.6) is 0 Å². The lowest BCUT2D eigenvalue weighted by Gasteiger charge is -2.21. The number of halogens is 1. The summed E-state index contributed by atoms with van der Waals surface area (Å²) in [7, 11) is 0. The predicted molar refractivity (Wildman–Crippen MR) is 82.8 cm³/mol. The van der Waals surface area contributed by atoms with Crippen LogP contribution in [-0.2, 0) is 0 Å². The van der Waals surface area contributed by atoms with Crippen molar-refractivity contribution in [1.29, 1.82) is 0 Å². The molecule has 1 aromatic heterocycles. The van der Waals surface area contributed by atoms with Gasteiger partial charge in [0.05, 0.1) is 5.69 Å². The quantitative estimate of drug-likeness (QED) is 0.890. The van der Waals surface area contributed by atoms with E-state index < -0.39 is 0 Å². The first-order chi connectivity index (χ1) is 8.94. The van der Waals surface area contributed by atoms with Crippen molar-refractivity contribution in [2.24, 2.45) is 0 Å². The molecule has 0 spiro atoms. The minimum atomic E-state index is -0.0288. The number of nitrogens with one attached hydrogen (secondary N) is 2. The van der Waals surface area contributed by atoms with E-state index in [9.17, 15) is 0 Å². The molecule has 0 bridgehead atoms. The van der Waals surface area contributed by atoms with Crippen molar-refractivity contribution in [3.8, 4) is 0 Å². The molecule has 1 aromatic carbocycles. The van der Waals surface area contributed by atoms with Gasteiger partial charge in [-0.2, -0.15) is 0 Å². The van der Waals surface area contributed by atoms with Crippen molar-refractivity contribution in [1.82, 2.24) is 9.97 Å². The number of hydrogen-bond acceptors (Lipinski definition) is 4. The van der Waals surface area contributed by atoms with Gasteiger partial charge in [-0.25, -0.2) is 9.97 Å². The normalized spacial score (nSPS) is 11.2. The Labute approximate surface area is 121 Å². The molecule has 2 rings (SSSR count). The maximum absolute atomic E-state index is 4.22. The first-order valence-corrected chi connectivity index (χ1v) is 6.85. The largest absolute Gasteiger partial charge is 0.365 e. The van der Waals surface area contributed by atoms with Crippen molar-refractivity contribution in [2.75, 3.05) is 10.6 Å². The summed E-state index contributed by atoms with van der Waals surface area (Å²) in [6, 6.07) is 9.82. The molecule has 5 heteroatoms. The third kappa shape index (κ3) is 4.21. The highest BCUT2D eigenvalue weighted by Gasteiger charge is 2.10. The van der Waals surface area contributed by atoms with Crippen molar-refractivity contribution < 1.29 is 0 Å². The van der Waals surface area contributed by atoms with Gasteiger partial charge in [-0.05, 0) is 48.8 Å². The van der Waals surface area contributed by atoms with Gasteiger partial charge in [0.1, 0.15) is 18.0 Å². The monoisotopic (exact) mass is 320 g/mol. The molecule has 0 radical (unpaired) electrons. The SMILES string of the molecule is CC(C)(C)Nc1cc(Nc2ccccc2Br)ncn1. The molecule has 1 heterocycles. The fourth-order valence-electron chi connectivity index (χ4n) is 1.58. The fourth-order valence-corrected chi connectivity index (χ4v) is 1.96. The van der Waals surface area contributed by atoms with Gasteiger partial charge in [0.15, 0.2) is 0 Å². The maximum Gasteiger partial charge on any atom is 0.135 e. The highest BCUT2D eigenvalue weighted by atomic mass is 79.9. The van der Waals surface area contributed by atoms with E-state index in [1.165, 1.54) is 0 Å². The Balaban J connectivity index is 2.18. The lowest BCUT2D eigenvalue weighted by molar-refractivity contribution is 0.630. The van der Waals surface area contributed by atoms with Gasteiger partial charge in [-0.1, -0.05) is 12.1 Å². The summed E-state index contributed by atoms with van der Waals surface area (Å²) in [4.78, 5) is 8.44. The van der Waals surface area contributed by atoms with Gasteiger partial charge in [-0.15, -0.1) is 0 Å². The smallest absolute Gasteiger partial charge is 0.135 e. The lowest BCUT2D eigenvalue weighted by Crippen LogP contribution is -2.26. The third-order valence-electron chi connectivity index (χ3n) is 2.31. The number of nitrogens with zero attached hydrogens (tertiary/aromatic N) is 2. The molecule has 2 N–H and O–H groups in total. The number of anilines is 3. The number of rotatable bonds is 3. The number of aromatic nitrogens is 2. The molecular weight excluding hydrogens is 304 g/mol. The second-order valence-corrected chi connectivity index (χ2v) is 6.12. The van der Waals surface area contributed by atoms with Crippen LogP contribution in [0.15, 0.2) is 41.1 Å². The summed E-state index contributed by atoms with van der Waals surface area (Å²) in [6.45, 7) is 6.28. The predicted octanol–water partition coefficient (Wildman–Crippen LogP) is 4.19. The molecule has 0 fully saturated rings. The van der Waals surface area contributed by atoms with Gasteiger partial charge in [0.25, 0.3) is 0 Å². The van der Waals surface area contributed by atoms with Gasteiger partial charge in [0, 0.05) is 16.1 Å². The summed E-state index contributed by atoms with van der Waals surface area (Å²) >= 11 is 3.50. The van der Waals surface area contributed by atoms with E-state index in [-0.39, 0.29) is 5.54 Å². The van der Waals surface area contributed by atoms with E-state index in [0.29, 0.717) is 0 Å². The first kappa shape index (κ1) is 13.8. The van der Waals surface area contributed by atoms with Gasteiger partial charge < -0.3 is 10.6 Å². The Bertz CT molecular complexity index is 563. The second kappa shape index (κ2) is 5.57. The number of para-hydroxylation sites is 1. The zero-order valence-corrected chi connectivity index (χ0v) is 12.8. The van der Waals surface area contributed by atoms with Crippen LogP contribution in [0.25, 0.3) is 0 Å². The van der Waals surface area contributed by atoms with Crippen LogP contribution in [-0.4, -0.2) is 15.5 Å². The van der Waals surface area contributed by atoms with Crippen LogP contribution >= 0.6 is 15.9 Å². The zero-order chi connectivity index (χ0) is 13.9. The Morgan fingerprint density at radius 3 is 2.42 bits per heavy atom. The molecule has 0 aliphatic carbocycles. The molecule has 0 amide bonds. The maximum atomic E-state index is 4.22. The highest BCUT2D eigenvalue weighted by Crippen LogP contribution is 2.25. The van der Waals surface area contributed by atoms with E-state index in [0.717, 1.165) is 21.8 Å². The van der Waals surface area contributed by atoms with Crippen molar-refractivity contribution in [3.05, 3.63) is 41.1 Å². The summed E-state index contributed by atoms with van der Waals surface area (Å²) in [5.74, 6) is 1.56. The van der Waals surface area contributed by atoms with Gasteiger partial charge in [0.2, 0.25) is 0 Å². The summed E-state index contributed by atoms with van der Waals surface area (Å²) in [6.07, 6.45) is 1.55. The van der Waals surface area contributed by atoms with Crippen molar-refractivity contribution >= 4 is 33.3 Å². The average Bonchev–Trinajstić information content (AvgIpc) is 2.30. The van der Waals surface area contributed by atoms with Crippen molar-refractivity contribution in [2.45, 2.75) is 26.3 Å². The Morgan fingerprint density at radius 1 is 1.05 bits per heavy atom. The van der Waals surface area contributed by atoms with Crippen LogP contribution < -0.4 is 10.6 Å². The first-order valence-electron chi connectivity index (χ1n) is 6.06.